The maximum absolute atomic E-state index is 13.3. The molecule has 0 fully saturated rings. The first-order valence-electron chi connectivity index (χ1n) is 10.8. The highest BCUT2D eigenvalue weighted by Gasteiger charge is 2.33. The lowest BCUT2D eigenvalue weighted by atomic mass is 10.0. The van der Waals surface area contributed by atoms with Crippen molar-refractivity contribution < 1.29 is 19.1 Å². The first-order chi connectivity index (χ1) is 16.5. The Balaban J connectivity index is 1.54. The second kappa shape index (κ2) is 10.4. The molecule has 0 aliphatic carbocycles. The average Bonchev–Trinajstić information content (AvgIpc) is 3.57. The van der Waals surface area contributed by atoms with Crippen molar-refractivity contribution in [2.24, 2.45) is 5.10 Å². The minimum Gasteiger partial charge on any atom is -0.493 e. The molecule has 2 N–H and O–H groups in total. The summed E-state index contributed by atoms with van der Waals surface area (Å²) in [6, 6.07) is 16.3. The standard InChI is InChI=1S/C25H26N4O4S/c1-26-25(31)16-6-9-18(10-7-16)27-15-24(30)29-20(14-19(28-29)23-5-4-12-34-23)17-8-11-21(32-2)22(13-17)33-3/h4-13,20,27H,14-15H2,1-3H3,(H,26,31). The monoisotopic (exact) mass is 478 g/mol. The normalized spacial score (nSPS) is 15.0. The van der Waals surface area contributed by atoms with Crippen LogP contribution < -0.4 is 20.1 Å². The largest absolute Gasteiger partial charge is 0.493 e. The van der Waals surface area contributed by atoms with Crippen LogP contribution >= 0.6 is 11.3 Å². The van der Waals surface area contributed by atoms with Crippen LogP contribution in [-0.4, -0.2) is 50.3 Å². The second-order valence-corrected chi connectivity index (χ2v) is 8.55. The zero-order chi connectivity index (χ0) is 24.1. The number of thiophene rings is 1. The molecule has 8 nitrogen and oxygen atoms in total. The van der Waals surface area contributed by atoms with E-state index >= 15 is 0 Å². The molecule has 1 aromatic heterocycles. The van der Waals surface area contributed by atoms with Crippen molar-refractivity contribution in [3.05, 3.63) is 76.0 Å². The van der Waals surface area contributed by atoms with Gasteiger partial charge in [-0.25, -0.2) is 5.01 Å². The zero-order valence-electron chi connectivity index (χ0n) is 19.2. The molecule has 0 saturated carbocycles. The van der Waals surface area contributed by atoms with E-state index in [2.05, 4.69) is 10.6 Å². The molecule has 0 saturated heterocycles. The van der Waals surface area contributed by atoms with Gasteiger partial charge in [-0.2, -0.15) is 5.10 Å². The number of rotatable bonds is 8. The predicted molar refractivity (Wildman–Crippen MR) is 133 cm³/mol. The number of nitrogens with one attached hydrogen (secondary N) is 2. The molecule has 176 valence electrons. The topological polar surface area (TPSA) is 92.3 Å². The van der Waals surface area contributed by atoms with Gasteiger partial charge in [0.15, 0.2) is 11.5 Å². The Morgan fingerprint density at radius 1 is 1.09 bits per heavy atom. The van der Waals surface area contributed by atoms with Crippen molar-refractivity contribution >= 4 is 34.6 Å². The van der Waals surface area contributed by atoms with Crippen LogP contribution in [0.2, 0.25) is 0 Å². The van der Waals surface area contributed by atoms with Gasteiger partial charge in [0.25, 0.3) is 11.8 Å². The number of amides is 2. The maximum Gasteiger partial charge on any atom is 0.262 e. The van der Waals surface area contributed by atoms with E-state index in [1.807, 2.05) is 35.7 Å². The van der Waals surface area contributed by atoms with E-state index in [4.69, 9.17) is 14.6 Å². The molecule has 1 unspecified atom stereocenters. The highest BCUT2D eigenvalue weighted by molar-refractivity contribution is 7.12. The molecule has 1 aliphatic rings. The third-order valence-electron chi connectivity index (χ3n) is 5.58. The number of carbonyl (C=O) groups excluding carboxylic acids is 2. The summed E-state index contributed by atoms with van der Waals surface area (Å²) in [6.45, 7) is 0.0599. The third-order valence-corrected chi connectivity index (χ3v) is 6.50. The first kappa shape index (κ1) is 23.3. The maximum atomic E-state index is 13.3. The number of methoxy groups -OCH3 is 2. The van der Waals surface area contributed by atoms with Crippen LogP contribution in [0.25, 0.3) is 0 Å². The van der Waals surface area contributed by atoms with Gasteiger partial charge in [-0.3, -0.25) is 9.59 Å². The third kappa shape index (κ3) is 4.89. The Kier molecular flexibility index (Phi) is 7.12. The van der Waals surface area contributed by atoms with Crippen LogP contribution in [0.1, 0.15) is 33.3 Å². The quantitative estimate of drug-likeness (QED) is 0.512. The predicted octanol–water partition coefficient (Wildman–Crippen LogP) is 3.91. The number of hydrazone groups is 1. The van der Waals surface area contributed by atoms with Crippen LogP contribution in [0.15, 0.2) is 65.1 Å². The fourth-order valence-electron chi connectivity index (χ4n) is 3.79. The van der Waals surface area contributed by atoms with Crippen LogP contribution in [0.3, 0.4) is 0 Å². The molecule has 3 aromatic rings. The fourth-order valence-corrected chi connectivity index (χ4v) is 4.52. The van der Waals surface area contributed by atoms with E-state index in [0.29, 0.717) is 23.5 Å². The summed E-state index contributed by atoms with van der Waals surface area (Å²) in [5.41, 5.74) is 3.08. The minimum absolute atomic E-state index is 0.0599. The lowest BCUT2D eigenvalue weighted by molar-refractivity contribution is -0.131. The Hall–Kier alpha value is -3.85. The van der Waals surface area contributed by atoms with Crippen LogP contribution in [0.5, 0.6) is 11.5 Å². The summed E-state index contributed by atoms with van der Waals surface area (Å²) in [7, 11) is 4.77. The summed E-state index contributed by atoms with van der Waals surface area (Å²) in [5, 5.41) is 14.0. The van der Waals surface area contributed by atoms with E-state index in [9.17, 15) is 9.59 Å². The molecular weight excluding hydrogens is 452 g/mol. The highest BCUT2D eigenvalue weighted by Crippen LogP contribution is 2.37. The van der Waals surface area contributed by atoms with E-state index in [0.717, 1.165) is 21.8 Å². The molecule has 0 spiro atoms. The molecule has 1 atom stereocenters. The molecule has 9 heteroatoms. The van der Waals surface area contributed by atoms with Gasteiger partial charge in [0.05, 0.1) is 37.4 Å². The van der Waals surface area contributed by atoms with Crippen molar-refractivity contribution in [3.8, 4) is 11.5 Å². The van der Waals surface area contributed by atoms with Gasteiger partial charge >= 0.3 is 0 Å². The van der Waals surface area contributed by atoms with Gasteiger partial charge in [-0.05, 0) is 53.4 Å². The molecular formula is C25H26N4O4S. The second-order valence-electron chi connectivity index (χ2n) is 7.61. The zero-order valence-corrected chi connectivity index (χ0v) is 20.0. The fraction of sp³-hybridized carbons (Fsp3) is 0.240. The summed E-state index contributed by atoms with van der Waals surface area (Å²) in [4.78, 5) is 26.0. The van der Waals surface area contributed by atoms with Crippen molar-refractivity contribution in [1.82, 2.24) is 10.3 Å². The number of nitrogens with zero attached hydrogens (tertiary/aromatic N) is 2. The van der Waals surface area contributed by atoms with Crippen molar-refractivity contribution in [2.45, 2.75) is 12.5 Å². The molecule has 2 amide bonds. The first-order valence-corrected chi connectivity index (χ1v) is 11.6. The Morgan fingerprint density at radius 3 is 2.50 bits per heavy atom. The van der Waals surface area contributed by atoms with Crippen LogP contribution in [0, 0.1) is 0 Å². The van der Waals surface area contributed by atoms with Crippen LogP contribution in [-0.2, 0) is 4.79 Å². The number of carbonyl (C=O) groups is 2. The summed E-state index contributed by atoms with van der Waals surface area (Å²) < 4.78 is 10.8. The number of hydrogen-bond donors (Lipinski definition) is 2. The Bertz CT molecular complexity index is 1190. The molecule has 1 aliphatic heterocycles. The lowest BCUT2D eigenvalue weighted by Gasteiger charge is -2.23. The van der Waals surface area contributed by atoms with E-state index in [1.165, 1.54) is 0 Å². The van der Waals surface area contributed by atoms with Gasteiger partial charge in [-0.15, -0.1) is 11.3 Å². The average molecular weight is 479 g/mol. The van der Waals surface area contributed by atoms with Crippen molar-refractivity contribution in [1.29, 1.82) is 0 Å². The van der Waals surface area contributed by atoms with E-state index < -0.39 is 0 Å². The van der Waals surface area contributed by atoms with Gasteiger partial charge in [0.1, 0.15) is 0 Å². The Morgan fingerprint density at radius 2 is 1.85 bits per heavy atom. The van der Waals surface area contributed by atoms with Crippen molar-refractivity contribution in [2.75, 3.05) is 33.1 Å². The number of hydrogen-bond acceptors (Lipinski definition) is 7. The molecule has 34 heavy (non-hydrogen) atoms. The summed E-state index contributed by atoms with van der Waals surface area (Å²) in [5.74, 6) is 0.907. The Labute approximate surface area is 202 Å². The molecule has 2 aromatic carbocycles. The number of anilines is 1. The van der Waals surface area contributed by atoms with Gasteiger partial charge in [0, 0.05) is 24.7 Å². The molecule has 4 rings (SSSR count). The lowest BCUT2D eigenvalue weighted by Crippen LogP contribution is -2.32. The SMILES string of the molecule is CNC(=O)c1ccc(NCC(=O)N2N=C(c3cccs3)CC2c2ccc(OC)c(OC)c2)cc1. The minimum atomic E-state index is -0.262. The number of benzene rings is 2. The summed E-state index contributed by atoms with van der Waals surface area (Å²) >= 11 is 1.60. The van der Waals surface area contributed by atoms with Gasteiger partial charge < -0.3 is 20.1 Å². The van der Waals surface area contributed by atoms with E-state index in [-0.39, 0.29) is 24.4 Å². The van der Waals surface area contributed by atoms with E-state index in [1.54, 1.807) is 61.9 Å². The smallest absolute Gasteiger partial charge is 0.262 e. The van der Waals surface area contributed by atoms with Gasteiger partial charge in [0.2, 0.25) is 0 Å². The van der Waals surface area contributed by atoms with Gasteiger partial charge in [-0.1, -0.05) is 12.1 Å². The highest BCUT2D eigenvalue weighted by atomic mass is 32.1. The summed E-state index contributed by atoms with van der Waals surface area (Å²) in [6.07, 6.45) is 0.600. The van der Waals surface area contributed by atoms with Crippen LogP contribution in [0.4, 0.5) is 5.69 Å². The molecule has 0 bridgehead atoms. The van der Waals surface area contributed by atoms with Crippen molar-refractivity contribution in [3.63, 3.8) is 0 Å². The molecule has 2 heterocycles. The molecule has 0 radical (unpaired) electrons. The number of ether oxygens (including phenoxy) is 2.